The predicted molar refractivity (Wildman–Crippen MR) is 97.7 cm³/mol. The number of carbonyl (C=O) groups excluding carboxylic acids is 1. The minimum Gasteiger partial charge on any atom is -0.481 e. The largest absolute Gasteiger partial charge is 0.481 e. The second-order valence-corrected chi connectivity index (χ2v) is 8.85. The second-order valence-electron chi connectivity index (χ2n) is 8.85. The van der Waals surface area contributed by atoms with Crippen molar-refractivity contribution in [2.24, 2.45) is 11.8 Å². The maximum Gasteiger partial charge on any atom is 0.412 e. The van der Waals surface area contributed by atoms with Crippen LogP contribution in [-0.4, -0.2) is 57.3 Å². The van der Waals surface area contributed by atoms with Crippen LogP contribution >= 0.6 is 0 Å². The van der Waals surface area contributed by atoms with E-state index in [9.17, 15) is 19.8 Å². The highest BCUT2D eigenvalue weighted by molar-refractivity contribution is 5.70. The Morgan fingerprint density at radius 2 is 1.81 bits per heavy atom. The van der Waals surface area contributed by atoms with Crippen LogP contribution in [0.15, 0.2) is 0 Å². The summed E-state index contributed by atoms with van der Waals surface area (Å²) in [4.78, 5) is 25.7. The molecule has 0 bridgehead atoms. The van der Waals surface area contributed by atoms with Gasteiger partial charge >= 0.3 is 12.1 Å². The molecular weight excluding hydrogens is 338 g/mol. The maximum atomic E-state index is 12.8. The van der Waals surface area contributed by atoms with Gasteiger partial charge in [-0.3, -0.25) is 9.69 Å². The lowest BCUT2D eigenvalue weighted by Crippen LogP contribution is -2.50. The fraction of sp³-hybridized carbons (Fsp3) is 0.895. The first kappa shape index (κ1) is 22.7. The van der Waals surface area contributed by atoms with Crippen LogP contribution in [0.2, 0.25) is 0 Å². The van der Waals surface area contributed by atoms with Crippen LogP contribution in [0.25, 0.3) is 0 Å². The third-order valence-corrected chi connectivity index (χ3v) is 4.64. The summed E-state index contributed by atoms with van der Waals surface area (Å²) in [6, 6.07) is -0.303. The molecule has 4 atom stereocenters. The molecule has 0 spiro atoms. The maximum absolute atomic E-state index is 12.8. The number of carboxylic acid groups (broad SMARTS) is 1. The van der Waals surface area contributed by atoms with E-state index in [0.29, 0.717) is 19.3 Å². The van der Waals surface area contributed by atoms with Crippen molar-refractivity contribution in [2.45, 2.75) is 91.2 Å². The minimum atomic E-state index is -0.894. The molecule has 1 fully saturated rings. The molecule has 1 aliphatic rings. The molecule has 7 nitrogen and oxygen atoms in total. The fourth-order valence-electron chi connectivity index (χ4n) is 3.40. The summed E-state index contributed by atoms with van der Waals surface area (Å²) in [5.41, 5.74) is -1.53. The first-order chi connectivity index (χ1) is 11.8. The van der Waals surface area contributed by atoms with Gasteiger partial charge < -0.3 is 19.7 Å². The molecule has 7 heteroatoms. The third-order valence-electron chi connectivity index (χ3n) is 4.64. The van der Waals surface area contributed by atoms with Gasteiger partial charge in [0.2, 0.25) is 0 Å². The van der Waals surface area contributed by atoms with Crippen molar-refractivity contribution >= 4 is 12.1 Å². The van der Waals surface area contributed by atoms with Crippen molar-refractivity contribution in [1.82, 2.24) is 4.90 Å². The number of rotatable bonds is 7. The molecule has 1 saturated heterocycles. The molecule has 0 aromatic carbocycles. The van der Waals surface area contributed by atoms with Gasteiger partial charge in [-0.2, -0.15) is 0 Å². The summed E-state index contributed by atoms with van der Waals surface area (Å²) in [5, 5.41) is 18.5. The lowest BCUT2D eigenvalue weighted by Gasteiger charge is -2.36. The number of carbonyl (C=O) groups is 2. The molecule has 152 valence electrons. The highest BCUT2D eigenvalue weighted by Crippen LogP contribution is 2.39. The highest BCUT2D eigenvalue weighted by atomic mass is 16.6. The van der Waals surface area contributed by atoms with Crippen LogP contribution in [0.1, 0.15) is 67.7 Å². The summed E-state index contributed by atoms with van der Waals surface area (Å²) in [6.07, 6.45) is 0.675. The standard InChI is InChI=1S/C19H35NO6/c1-12(8-9-21)10-14-15(11-13(2)16(22)23)25-19(6,7)20(14)17(24)26-18(3,4)5/h12-15,21H,8-11H2,1-7H3,(H,22,23)/t12?,13-,14+,15+/m1/s1. The normalized spacial score (nSPS) is 25.0. The van der Waals surface area contributed by atoms with E-state index in [2.05, 4.69) is 0 Å². The Morgan fingerprint density at radius 3 is 2.27 bits per heavy atom. The van der Waals surface area contributed by atoms with E-state index in [-0.39, 0.29) is 18.6 Å². The highest BCUT2D eigenvalue weighted by Gasteiger charge is 2.51. The van der Waals surface area contributed by atoms with Crippen molar-refractivity contribution in [3.8, 4) is 0 Å². The van der Waals surface area contributed by atoms with Gasteiger partial charge in [0.05, 0.1) is 18.1 Å². The van der Waals surface area contributed by atoms with Gasteiger partial charge in [-0.15, -0.1) is 0 Å². The lowest BCUT2D eigenvalue weighted by atomic mass is 9.90. The van der Waals surface area contributed by atoms with E-state index < -0.39 is 35.4 Å². The average molecular weight is 373 g/mol. The lowest BCUT2D eigenvalue weighted by molar-refractivity contribution is -0.143. The summed E-state index contributed by atoms with van der Waals surface area (Å²) < 4.78 is 11.7. The van der Waals surface area contributed by atoms with Crippen LogP contribution in [0, 0.1) is 11.8 Å². The Balaban J connectivity index is 3.11. The van der Waals surface area contributed by atoms with Crippen molar-refractivity contribution < 1.29 is 29.3 Å². The van der Waals surface area contributed by atoms with Crippen LogP contribution in [0.3, 0.4) is 0 Å². The van der Waals surface area contributed by atoms with Gasteiger partial charge in [0.25, 0.3) is 0 Å². The number of ether oxygens (including phenoxy) is 2. The zero-order chi connectivity index (χ0) is 20.3. The number of carboxylic acids is 1. The van der Waals surface area contributed by atoms with Crippen molar-refractivity contribution in [2.75, 3.05) is 6.61 Å². The molecule has 1 rings (SSSR count). The van der Waals surface area contributed by atoms with Crippen LogP contribution in [0.4, 0.5) is 4.79 Å². The average Bonchev–Trinajstić information content (AvgIpc) is 2.67. The molecule has 0 saturated carbocycles. The molecule has 1 amide bonds. The van der Waals surface area contributed by atoms with Gasteiger partial charge in [-0.1, -0.05) is 13.8 Å². The third kappa shape index (κ3) is 6.13. The Morgan fingerprint density at radius 1 is 1.23 bits per heavy atom. The van der Waals surface area contributed by atoms with Crippen molar-refractivity contribution in [1.29, 1.82) is 0 Å². The van der Waals surface area contributed by atoms with E-state index >= 15 is 0 Å². The number of hydrogen-bond donors (Lipinski definition) is 2. The number of aliphatic hydroxyl groups excluding tert-OH is 1. The smallest absolute Gasteiger partial charge is 0.412 e. The van der Waals surface area contributed by atoms with E-state index in [1.807, 2.05) is 27.7 Å². The van der Waals surface area contributed by atoms with E-state index in [1.54, 1.807) is 25.7 Å². The van der Waals surface area contributed by atoms with E-state index in [0.717, 1.165) is 0 Å². The Bertz CT molecular complexity index is 499. The minimum absolute atomic E-state index is 0.0702. The number of nitrogens with zero attached hydrogens (tertiary/aromatic N) is 1. The van der Waals surface area contributed by atoms with Crippen molar-refractivity contribution in [3.63, 3.8) is 0 Å². The first-order valence-electron chi connectivity index (χ1n) is 9.32. The zero-order valence-electron chi connectivity index (χ0n) is 17.1. The Labute approximate surface area is 156 Å². The summed E-state index contributed by atoms with van der Waals surface area (Å²) in [7, 11) is 0. The second kappa shape index (κ2) is 8.57. The summed E-state index contributed by atoms with van der Waals surface area (Å²) >= 11 is 0. The molecule has 2 N–H and O–H groups in total. The van der Waals surface area contributed by atoms with Crippen LogP contribution in [-0.2, 0) is 14.3 Å². The molecule has 1 heterocycles. The number of amides is 1. The number of hydrogen-bond acceptors (Lipinski definition) is 5. The van der Waals surface area contributed by atoms with E-state index in [4.69, 9.17) is 9.47 Å². The van der Waals surface area contributed by atoms with Gasteiger partial charge in [-0.25, -0.2) is 4.79 Å². The number of aliphatic hydroxyl groups is 1. The van der Waals surface area contributed by atoms with E-state index in [1.165, 1.54) is 0 Å². The Kier molecular flexibility index (Phi) is 7.48. The molecule has 0 aliphatic carbocycles. The quantitative estimate of drug-likeness (QED) is 0.711. The van der Waals surface area contributed by atoms with Crippen LogP contribution in [0.5, 0.6) is 0 Å². The molecular formula is C19H35NO6. The monoisotopic (exact) mass is 373 g/mol. The van der Waals surface area contributed by atoms with Gasteiger partial charge in [-0.05, 0) is 59.8 Å². The molecule has 0 aromatic rings. The fourth-order valence-corrected chi connectivity index (χ4v) is 3.40. The predicted octanol–water partition coefficient (Wildman–Crippen LogP) is 3.25. The number of aliphatic carboxylic acids is 1. The first-order valence-corrected chi connectivity index (χ1v) is 9.32. The molecule has 0 radical (unpaired) electrons. The van der Waals surface area contributed by atoms with Gasteiger partial charge in [0.15, 0.2) is 0 Å². The Hall–Kier alpha value is -1.34. The molecule has 26 heavy (non-hydrogen) atoms. The molecule has 0 aromatic heterocycles. The van der Waals surface area contributed by atoms with Crippen molar-refractivity contribution in [3.05, 3.63) is 0 Å². The molecule has 1 aliphatic heterocycles. The zero-order valence-corrected chi connectivity index (χ0v) is 17.1. The summed E-state index contributed by atoms with van der Waals surface area (Å²) in [5.74, 6) is -1.30. The summed E-state index contributed by atoms with van der Waals surface area (Å²) in [6.45, 7) is 12.7. The molecule has 1 unspecified atom stereocenters. The van der Waals surface area contributed by atoms with Crippen LogP contribution < -0.4 is 0 Å². The SMILES string of the molecule is CC(CCO)C[C@H]1[C@H](C[C@@H](C)C(=O)O)OC(C)(C)N1C(=O)OC(C)(C)C. The van der Waals surface area contributed by atoms with Gasteiger partial charge in [0, 0.05) is 6.61 Å². The van der Waals surface area contributed by atoms with Gasteiger partial charge in [0.1, 0.15) is 11.3 Å². The topological polar surface area (TPSA) is 96.3 Å².